The number of hydrogen-bond donors (Lipinski definition) is 1. The molecule has 0 aromatic heterocycles. The molecule has 0 saturated heterocycles. The minimum atomic E-state index is -0.494. The van der Waals surface area contributed by atoms with Crippen LogP contribution >= 0.6 is 0 Å². The van der Waals surface area contributed by atoms with Gasteiger partial charge in [0.2, 0.25) is 0 Å². The van der Waals surface area contributed by atoms with Gasteiger partial charge in [-0.1, -0.05) is 6.92 Å². The molecule has 4 heteroatoms. The molecule has 0 aromatic rings. The molecule has 0 fully saturated rings. The van der Waals surface area contributed by atoms with Gasteiger partial charge in [-0.3, -0.25) is 4.79 Å². The summed E-state index contributed by atoms with van der Waals surface area (Å²) in [6, 6.07) is 0.0337. The molecule has 0 amide bonds. The first-order valence-electron chi connectivity index (χ1n) is 5.06. The van der Waals surface area contributed by atoms with Crippen LogP contribution < -0.4 is 5.73 Å². The Bertz CT molecular complexity index is 174. The Labute approximate surface area is 86.4 Å². The van der Waals surface area contributed by atoms with Gasteiger partial charge in [0.25, 0.3) is 0 Å². The quantitative estimate of drug-likeness (QED) is 0.641. The summed E-state index contributed by atoms with van der Waals surface area (Å²) in [6.07, 6.45) is 1.75. The lowest BCUT2D eigenvalue weighted by atomic mass is 10.2. The lowest BCUT2D eigenvalue weighted by Crippen LogP contribution is -2.37. The van der Waals surface area contributed by atoms with Crippen LogP contribution in [0.5, 0.6) is 0 Å². The number of esters is 1. The highest BCUT2D eigenvalue weighted by molar-refractivity contribution is 5.75. The number of nitrogens with two attached hydrogens (primary N) is 1. The predicted molar refractivity (Wildman–Crippen MR) is 57.0 cm³/mol. The van der Waals surface area contributed by atoms with Gasteiger partial charge in [0.05, 0.1) is 7.11 Å². The average molecular weight is 202 g/mol. The van der Waals surface area contributed by atoms with E-state index in [0.29, 0.717) is 12.5 Å². The van der Waals surface area contributed by atoms with Crippen LogP contribution in [0.15, 0.2) is 0 Å². The number of nitrogens with zero attached hydrogens (tertiary/aromatic N) is 1. The van der Waals surface area contributed by atoms with E-state index >= 15 is 0 Å². The number of carbonyl (C=O) groups is 1. The van der Waals surface area contributed by atoms with E-state index in [0.717, 1.165) is 13.0 Å². The molecule has 0 saturated carbocycles. The molecule has 2 atom stereocenters. The second-order valence-electron chi connectivity index (χ2n) is 3.66. The van der Waals surface area contributed by atoms with Gasteiger partial charge in [-0.2, -0.15) is 0 Å². The fourth-order valence-corrected chi connectivity index (χ4v) is 1.14. The molecule has 84 valence electrons. The Morgan fingerprint density at radius 3 is 2.57 bits per heavy atom. The van der Waals surface area contributed by atoms with Crippen LogP contribution in [0.1, 0.15) is 26.7 Å². The largest absolute Gasteiger partial charge is 0.468 e. The van der Waals surface area contributed by atoms with Crippen LogP contribution in [-0.4, -0.2) is 43.7 Å². The lowest BCUT2D eigenvalue weighted by molar-refractivity contribution is -0.142. The molecular weight excluding hydrogens is 180 g/mol. The first-order chi connectivity index (χ1) is 6.52. The molecule has 0 bridgehead atoms. The summed E-state index contributed by atoms with van der Waals surface area (Å²) in [5.74, 6) is -0.331. The normalized spacial score (nSPS) is 15.3. The fraction of sp³-hybridized carbons (Fsp3) is 0.900. The molecular formula is C10H22N2O2. The van der Waals surface area contributed by atoms with E-state index < -0.39 is 6.04 Å². The van der Waals surface area contributed by atoms with Gasteiger partial charge in [0.1, 0.15) is 6.04 Å². The Balaban J connectivity index is 3.76. The van der Waals surface area contributed by atoms with E-state index in [9.17, 15) is 4.79 Å². The van der Waals surface area contributed by atoms with E-state index in [1.54, 1.807) is 0 Å². The highest BCUT2D eigenvalue weighted by Gasteiger charge is 2.15. The number of methoxy groups -OCH3 is 1. The van der Waals surface area contributed by atoms with E-state index in [2.05, 4.69) is 23.5 Å². The van der Waals surface area contributed by atoms with E-state index in [-0.39, 0.29) is 5.97 Å². The smallest absolute Gasteiger partial charge is 0.322 e. The van der Waals surface area contributed by atoms with E-state index in [4.69, 9.17) is 5.73 Å². The summed E-state index contributed by atoms with van der Waals surface area (Å²) in [5.41, 5.74) is 5.62. The van der Waals surface area contributed by atoms with Gasteiger partial charge in [-0.25, -0.2) is 0 Å². The zero-order chi connectivity index (χ0) is 11.1. The van der Waals surface area contributed by atoms with Crippen molar-refractivity contribution in [2.75, 3.05) is 20.7 Å². The van der Waals surface area contributed by atoms with Crippen molar-refractivity contribution in [1.82, 2.24) is 4.90 Å². The zero-order valence-corrected chi connectivity index (χ0v) is 9.62. The molecule has 4 nitrogen and oxygen atoms in total. The third-order valence-electron chi connectivity index (χ3n) is 2.64. The molecule has 0 aliphatic carbocycles. The molecule has 2 unspecified atom stereocenters. The maximum Gasteiger partial charge on any atom is 0.322 e. The molecule has 2 N–H and O–H groups in total. The van der Waals surface area contributed by atoms with Crippen molar-refractivity contribution in [3.8, 4) is 0 Å². The summed E-state index contributed by atoms with van der Waals surface area (Å²) >= 11 is 0. The van der Waals surface area contributed by atoms with Crippen LogP contribution in [0.3, 0.4) is 0 Å². The second kappa shape index (κ2) is 6.79. The molecule has 14 heavy (non-hydrogen) atoms. The molecule has 0 spiro atoms. The van der Waals surface area contributed by atoms with Crippen LogP contribution in [0.25, 0.3) is 0 Å². The maximum absolute atomic E-state index is 11.0. The Morgan fingerprint density at radius 2 is 2.14 bits per heavy atom. The van der Waals surface area contributed by atoms with E-state index in [1.807, 2.05) is 7.05 Å². The van der Waals surface area contributed by atoms with Gasteiger partial charge >= 0.3 is 5.97 Å². The van der Waals surface area contributed by atoms with Crippen LogP contribution in [0, 0.1) is 0 Å². The van der Waals surface area contributed by atoms with Gasteiger partial charge in [0.15, 0.2) is 0 Å². The molecule has 0 rings (SSSR count). The third kappa shape index (κ3) is 4.58. The number of ether oxygens (including phenoxy) is 1. The van der Waals surface area contributed by atoms with Crippen LogP contribution in [-0.2, 0) is 9.53 Å². The summed E-state index contributed by atoms with van der Waals surface area (Å²) < 4.78 is 4.55. The van der Waals surface area contributed by atoms with Gasteiger partial charge < -0.3 is 15.4 Å². The Kier molecular flexibility index (Phi) is 6.49. The van der Waals surface area contributed by atoms with Crippen molar-refractivity contribution >= 4 is 5.97 Å². The monoisotopic (exact) mass is 202 g/mol. The van der Waals surface area contributed by atoms with Crippen molar-refractivity contribution < 1.29 is 9.53 Å². The highest BCUT2D eigenvalue weighted by atomic mass is 16.5. The maximum atomic E-state index is 11.0. The summed E-state index contributed by atoms with van der Waals surface area (Å²) in [6.45, 7) is 5.12. The Morgan fingerprint density at radius 1 is 1.57 bits per heavy atom. The first-order valence-corrected chi connectivity index (χ1v) is 5.06. The molecule has 0 radical (unpaired) electrons. The van der Waals surface area contributed by atoms with Gasteiger partial charge in [0, 0.05) is 12.6 Å². The molecule has 0 aliphatic rings. The SMILES string of the molecule is CCC(C)N(C)CCC(N)C(=O)OC. The molecule has 0 aliphatic heterocycles. The topological polar surface area (TPSA) is 55.6 Å². The summed E-state index contributed by atoms with van der Waals surface area (Å²) in [4.78, 5) is 13.2. The van der Waals surface area contributed by atoms with Gasteiger partial charge in [-0.15, -0.1) is 0 Å². The highest BCUT2D eigenvalue weighted by Crippen LogP contribution is 2.02. The van der Waals surface area contributed by atoms with Crippen LogP contribution in [0.2, 0.25) is 0 Å². The molecule has 0 heterocycles. The van der Waals surface area contributed by atoms with Crippen molar-refractivity contribution in [2.45, 2.75) is 38.8 Å². The van der Waals surface area contributed by atoms with E-state index in [1.165, 1.54) is 7.11 Å². The lowest BCUT2D eigenvalue weighted by Gasteiger charge is -2.24. The van der Waals surface area contributed by atoms with Crippen molar-refractivity contribution in [3.05, 3.63) is 0 Å². The molecule has 0 aromatic carbocycles. The first kappa shape index (κ1) is 13.4. The van der Waals surface area contributed by atoms with Crippen LogP contribution in [0.4, 0.5) is 0 Å². The minimum Gasteiger partial charge on any atom is -0.468 e. The summed E-state index contributed by atoms with van der Waals surface area (Å²) in [5, 5.41) is 0. The fourth-order valence-electron chi connectivity index (χ4n) is 1.14. The van der Waals surface area contributed by atoms with Crippen molar-refractivity contribution in [1.29, 1.82) is 0 Å². The third-order valence-corrected chi connectivity index (χ3v) is 2.64. The predicted octanol–water partition coefficient (Wildman–Crippen LogP) is 0.607. The number of carbonyl (C=O) groups excluding carboxylic acids is 1. The van der Waals surface area contributed by atoms with Gasteiger partial charge in [-0.05, 0) is 26.8 Å². The zero-order valence-electron chi connectivity index (χ0n) is 9.62. The van der Waals surface area contributed by atoms with Crippen molar-refractivity contribution in [2.24, 2.45) is 5.73 Å². The minimum absolute atomic E-state index is 0.331. The number of hydrogen-bond acceptors (Lipinski definition) is 4. The average Bonchev–Trinajstić information content (AvgIpc) is 2.22. The number of rotatable bonds is 6. The van der Waals surface area contributed by atoms with Crippen molar-refractivity contribution in [3.63, 3.8) is 0 Å². The summed E-state index contributed by atoms with van der Waals surface area (Å²) in [7, 11) is 3.40. The Hall–Kier alpha value is -0.610. The standard InChI is InChI=1S/C10H22N2O2/c1-5-8(2)12(3)7-6-9(11)10(13)14-4/h8-9H,5-7,11H2,1-4H3. The second-order valence-corrected chi connectivity index (χ2v) is 3.66.